The molecule has 1 heterocycles. The van der Waals surface area contributed by atoms with Gasteiger partial charge in [0.1, 0.15) is 17.1 Å². The number of carboxylic acid groups (broad SMARTS) is 1. The van der Waals surface area contributed by atoms with E-state index in [-0.39, 0.29) is 23.3 Å². The third-order valence-corrected chi connectivity index (χ3v) is 4.98. The van der Waals surface area contributed by atoms with Crippen LogP contribution in [-0.4, -0.2) is 39.0 Å². The predicted molar refractivity (Wildman–Crippen MR) is 90.9 cm³/mol. The molecule has 6 nitrogen and oxygen atoms in total. The zero-order valence-corrected chi connectivity index (χ0v) is 14.3. The lowest BCUT2D eigenvalue weighted by Gasteiger charge is -2.13. The largest absolute Gasteiger partial charge is 0.507 e. The van der Waals surface area contributed by atoms with Crippen LogP contribution in [0.3, 0.4) is 0 Å². The first-order valence-corrected chi connectivity index (χ1v) is 9.14. The molecule has 0 radical (unpaired) electrons. The topological polar surface area (TPSA) is 101 Å². The summed E-state index contributed by atoms with van der Waals surface area (Å²) < 4.78 is 17.0. The number of ether oxygens (including phenoxy) is 1. The van der Waals surface area contributed by atoms with Crippen LogP contribution in [0.2, 0.25) is 0 Å². The van der Waals surface area contributed by atoms with Gasteiger partial charge in [0.2, 0.25) is 5.78 Å². The van der Waals surface area contributed by atoms with Gasteiger partial charge in [-0.1, -0.05) is 0 Å². The molecule has 0 saturated carbocycles. The number of hydrogen-bond donors (Lipinski definition) is 2. The molecule has 25 heavy (non-hydrogen) atoms. The van der Waals surface area contributed by atoms with Crippen LogP contribution in [0.5, 0.6) is 11.5 Å². The molecule has 1 aliphatic rings. The Kier molecular flexibility index (Phi) is 4.59. The molecule has 2 aromatic rings. The highest BCUT2D eigenvalue weighted by molar-refractivity contribution is 7.84. The summed E-state index contributed by atoms with van der Waals surface area (Å²) in [7, 11) is -1.16. The number of hydrogen-bond acceptors (Lipinski definition) is 5. The minimum absolute atomic E-state index is 0.0170. The Bertz CT molecular complexity index is 885. The molecule has 2 N–H and O–H groups in total. The summed E-state index contributed by atoms with van der Waals surface area (Å²) in [5, 5.41) is 19.5. The molecule has 0 saturated heterocycles. The molecule has 1 aliphatic heterocycles. The van der Waals surface area contributed by atoms with Crippen LogP contribution in [0.15, 0.2) is 35.2 Å². The Morgan fingerprint density at radius 3 is 2.52 bits per heavy atom. The number of aliphatic carboxylic acids is 1. The Morgan fingerprint density at radius 1 is 1.24 bits per heavy atom. The number of carbonyl (C=O) groups is 2. The first kappa shape index (κ1) is 17.2. The summed E-state index contributed by atoms with van der Waals surface area (Å²) in [5.41, 5.74) is 1.18. The van der Waals surface area contributed by atoms with E-state index in [9.17, 15) is 18.9 Å². The smallest absolute Gasteiger partial charge is 0.307 e. The summed E-state index contributed by atoms with van der Waals surface area (Å²) in [5.74, 6) is -1.62. The molecule has 0 spiro atoms. The van der Waals surface area contributed by atoms with Crippen molar-refractivity contribution in [2.24, 2.45) is 0 Å². The number of ketones is 1. The van der Waals surface area contributed by atoms with Gasteiger partial charge in [-0.3, -0.25) is 13.8 Å². The Labute approximate surface area is 146 Å². The molecule has 0 aromatic heterocycles. The first-order valence-electron chi connectivity index (χ1n) is 7.59. The van der Waals surface area contributed by atoms with E-state index in [1.54, 1.807) is 24.5 Å². The van der Waals surface area contributed by atoms with Crippen molar-refractivity contribution in [3.63, 3.8) is 0 Å². The zero-order chi connectivity index (χ0) is 18.1. The van der Waals surface area contributed by atoms with E-state index in [4.69, 9.17) is 9.84 Å². The molecule has 7 heteroatoms. The lowest BCUT2D eigenvalue weighted by molar-refractivity contribution is -0.136. The van der Waals surface area contributed by atoms with Crippen LogP contribution in [0.25, 0.3) is 0 Å². The van der Waals surface area contributed by atoms with Crippen molar-refractivity contribution < 1.29 is 28.7 Å². The van der Waals surface area contributed by atoms with Crippen LogP contribution < -0.4 is 4.74 Å². The van der Waals surface area contributed by atoms with Gasteiger partial charge in [-0.25, -0.2) is 0 Å². The van der Waals surface area contributed by atoms with Gasteiger partial charge in [0.25, 0.3) is 0 Å². The third-order valence-electron chi connectivity index (χ3n) is 4.04. The van der Waals surface area contributed by atoms with Gasteiger partial charge in [-0.15, -0.1) is 0 Å². The van der Waals surface area contributed by atoms with Crippen LogP contribution in [0, 0.1) is 0 Å². The number of phenolic OH excluding ortho intramolecular Hbond substituents is 1. The maximum absolute atomic E-state index is 12.9. The van der Waals surface area contributed by atoms with E-state index < -0.39 is 22.6 Å². The fourth-order valence-corrected chi connectivity index (χ4v) is 3.36. The van der Waals surface area contributed by atoms with Crippen molar-refractivity contribution in [3.05, 3.63) is 52.6 Å². The molecular formula is C18H16O6S. The molecule has 0 bridgehead atoms. The van der Waals surface area contributed by atoms with Crippen molar-refractivity contribution in [1.82, 2.24) is 0 Å². The Morgan fingerprint density at radius 2 is 1.92 bits per heavy atom. The number of fused-ring (bicyclic) bond motifs is 1. The highest BCUT2D eigenvalue weighted by Gasteiger charge is 2.28. The zero-order valence-electron chi connectivity index (χ0n) is 13.4. The Balaban J connectivity index is 2.09. The van der Waals surface area contributed by atoms with Crippen molar-refractivity contribution >= 4 is 22.6 Å². The number of carbonyl (C=O) groups excluding carboxylic acids is 1. The summed E-state index contributed by atoms with van der Waals surface area (Å²) in [4.78, 5) is 24.5. The van der Waals surface area contributed by atoms with Gasteiger partial charge >= 0.3 is 5.97 Å². The lowest BCUT2D eigenvalue weighted by Crippen LogP contribution is -2.08. The van der Waals surface area contributed by atoms with E-state index in [1.165, 1.54) is 12.1 Å². The molecule has 0 aliphatic carbocycles. The highest BCUT2D eigenvalue weighted by Crippen LogP contribution is 2.40. The SMILES string of the molecule is CS(=O)c1ccc(C(=O)c2c(O)c(CC(=O)O)cc3c2OCC3)cc1. The van der Waals surface area contributed by atoms with Crippen molar-refractivity contribution in [3.8, 4) is 11.5 Å². The molecular weight excluding hydrogens is 344 g/mol. The van der Waals surface area contributed by atoms with Gasteiger partial charge in [-0.2, -0.15) is 0 Å². The fourth-order valence-electron chi connectivity index (χ4n) is 2.84. The van der Waals surface area contributed by atoms with Gasteiger partial charge in [0.15, 0.2) is 0 Å². The van der Waals surface area contributed by atoms with Crippen LogP contribution in [-0.2, 0) is 28.4 Å². The maximum atomic E-state index is 12.9. The quantitative estimate of drug-likeness (QED) is 0.790. The van der Waals surface area contributed by atoms with E-state index >= 15 is 0 Å². The normalized spacial score (nSPS) is 13.8. The van der Waals surface area contributed by atoms with Crippen molar-refractivity contribution in [2.45, 2.75) is 17.7 Å². The van der Waals surface area contributed by atoms with Gasteiger partial charge in [0, 0.05) is 39.5 Å². The van der Waals surface area contributed by atoms with Crippen LogP contribution in [0.1, 0.15) is 27.0 Å². The van der Waals surface area contributed by atoms with Gasteiger partial charge in [0.05, 0.1) is 13.0 Å². The monoisotopic (exact) mass is 360 g/mol. The number of phenols is 1. The average molecular weight is 360 g/mol. The molecule has 130 valence electrons. The van der Waals surface area contributed by atoms with Crippen LogP contribution >= 0.6 is 0 Å². The van der Waals surface area contributed by atoms with E-state index in [2.05, 4.69) is 0 Å². The maximum Gasteiger partial charge on any atom is 0.307 e. The lowest BCUT2D eigenvalue weighted by atomic mass is 9.94. The molecule has 2 aromatic carbocycles. The minimum atomic E-state index is -1.16. The van der Waals surface area contributed by atoms with Gasteiger partial charge < -0.3 is 14.9 Å². The fraction of sp³-hybridized carbons (Fsp3) is 0.222. The molecule has 1 atom stereocenters. The second kappa shape index (κ2) is 6.68. The number of carboxylic acids is 1. The first-order chi connectivity index (χ1) is 11.9. The Hall–Kier alpha value is -2.67. The highest BCUT2D eigenvalue weighted by atomic mass is 32.2. The third kappa shape index (κ3) is 3.28. The average Bonchev–Trinajstić information content (AvgIpc) is 3.02. The molecule has 0 amide bonds. The summed E-state index contributed by atoms with van der Waals surface area (Å²) in [6.07, 6.45) is 1.71. The molecule has 3 rings (SSSR count). The summed E-state index contributed by atoms with van der Waals surface area (Å²) in [6.45, 7) is 0.374. The number of aromatic hydroxyl groups is 1. The predicted octanol–water partition coefficient (Wildman–Crippen LogP) is 1.92. The van der Waals surface area contributed by atoms with Crippen molar-refractivity contribution in [1.29, 1.82) is 0 Å². The second-order valence-electron chi connectivity index (χ2n) is 5.72. The second-order valence-corrected chi connectivity index (χ2v) is 7.10. The van der Waals surface area contributed by atoms with Gasteiger partial charge in [-0.05, 0) is 35.9 Å². The summed E-state index contributed by atoms with van der Waals surface area (Å²) >= 11 is 0. The molecule has 1 unspecified atom stereocenters. The standard InChI is InChI=1S/C18H16O6S/c1-25(23)13-4-2-10(3-5-13)16(21)15-17(22)12(9-14(19)20)8-11-6-7-24-18(11)15/h2-5,8,22H,6-7,9H2,1H3,(H,19,20). The minimum Gasteiger partial charge on any atom is -0.507 e. The van der Waals surface area contributed by atoms with Crippen molar-refractivity contribution in [2.75, 3.05) is 12.9 Å². The van der Waals surface area contributed by atoms with E-state index in [0.29, 0.717) is 34.8 Å². The van der Waals surface area contributed by atoms with Crippen LogP contribution in [0.4, 0.5) is 0 Å². The summed E-state index contributed by atoms with van der Waals surface area (Å²) in [6, 6.07) is 7.81. The van der Waals surface area contributed by atoms with E-state index in [0.717, 1.165) is 0 Å². The number of rotatable bonds is 5. The van der Waals surface area contributed by atoms with E-state index in [1.807, 2.05) is 0 Å². The molecule has 0 fully saturated rings. The number of benzene rings is 2.